The number of nitrogens with zero attached hydrogens (tertiary/aromatic N) is 3. The molecule has 6 nitrogen and oxygen atoms in total. The van der Waals surface area contributed by atoms with Crippen molar-refractivity contribution in [2.45, 2.75) is 45.6 Å². The van der Waals surface area contributed by atoms with Crippen molar-refractivity contribution in [2.24, 2.45) is 16.8 Å². The number of guanidine groups is 1. The van der Waals surface area contributed by atoms with Crippen LogP contribution in [0.4, 0.5) is 5.69 Å². The summed E-state index contributed by atoms with van der Waals surface area (Å²) in [5, 5.41) is 6.24. The molecule has 160 valence electrons. The summed E-state index contributed by atoms with van der Waals surface area (Å²) in [5.74, 6) is 2.44. The summed E-state index contributed by atoms with van der Waals surface area (Å²) in [6.07, 6.45) is 5.30. The number of hydrogen-bond acceptors (Lipinski definition) is 3. The Morgan fingerprint density at radius 3 is 2.31 bits per heavy atom. The molecule has 0 unspecified atom stereocenters. The lowest BCUT2D eigenvalue weighted by Crippen LogP contribution is -2.45. The SMILES string of the molecule is CN=C(NCc1ccc(N2CCC(C)CC2)cc1)N1CCC(CC(=O)NC)CC1. The number of anilines is 1. The highest BCUT2D eigenvalue weighted by Gasteiger charge is 2.23. The first-order chi connectivity index (χ1) is 14.1. The van der Waals surface area contributed by atoms with Crippen LogP contribution >= 0.6 is 0 Å². The largest absolute Gasteiger partial charge is 0.372 e. The zero-order valence-electron chi connectivity index (χ0n) is 18.3. The van der Waals surface area contributed by atoms with Crippen LogP contribution in [-0.4, -0.2) is 57.0 Å². The van der Waals surface area contributed by atoms with Gasteiger partial charge in [-0.3, -0.25) is 9.79 Å². The van der Waals surface area contributed by atoms with Crippen LogP contribution in [0.25, 0.3) is 0 Å². The predicted octanol–water partition coefficient (Wildman–Crippen LogP) is 2.85. The highest BCUT2D eigenvalue weighted by molar-refractivity contribution is 5.80. The maximum absolute atomic E-state index is 11.6. The van der Waals surface area contributed by atoms with E-state index in [1.807, 2.05) is 7.05 Å². The number of carbonyl (C=O) groups is 1. The summed E-state index contributed by atoms with van der Waals surface area (Å²) in [4.78, 5) is 20.9. The first-order valence-electron chi connectivity index (χ1n) is 11.1. The summed E-state index contributed by atoms with van der Waals surface area (Å²) in [5.41, 5.74) is 2.61. The minimum atomic E-state index is 0.147. The first-order valence-corrected chi connectivity index (χ1v) is 11.1. The Balaban J connectivity index is 1.45. The van der Waals surface area contributed by atoms with E-state index in [1.54, 1.807) is 7.05 Å². The number of benzene rings is 1. The number of likely N-dealkylation sites (tertiary alicyclic amines) is 1. The van der Waals surface area contributed by atoms with Gasteiger partial charge in [0.05, 0.1) is 0 Å². The van der Waals surface area contributed by atoms with Crippen molar-refractivity contribution in [2.75, 3.05) is 45.2 Å². The lowest BCUT2D eigenvalue weighted by atomic mass is 9.93. The average molecular weight is 400 g/mol. The zero-order chi connectivity index (χ0) is 20.6. The Labute approximate surface area is 175 Å². The van der Waals surface area contributed by atoms with Gasteiger partial charge in [0.2, 0.25) is 5.91 Å². The number of carbonyl (C=O) groups excluding carboxylic acids is 1. The lowest BCUT2D eigenvalue weighted by molar-refractivity contribution is -0.121. The molecule has 2 heterocycles. The summed E-state index contributed by atoms with van der Waals surface area (Å²) in [6.45, 7) is 7.37. The molecule has 2 aliphatic heterocycles. The van der Waals surface area contributed by atoms with E-state index in [0.717, 1.165) is 44.4 Å². The minimum Gasteiger partial charge on any atom is -0.372 e. The van der Waals surface area contributed by atoms with Crippen molar-refractivity contribution in [3.63, 3.8) is 0 Å². The zero-order valence-corrected chi connectivity index (χ0v) is 18.3. The van der Waals surface area contributed by atoms with Gasteiger partial charge in [0.1, 0.15) is 0 Å². The van der Waals surface area contributed by atoms with Crippen LogP contribution in [0.15, 0.2) is 29.3 Å². The summed E-state index contributed by atoms with van der Waals surface area (Å²) in [6, 6.07) is 8.95. The molecule has 0 saturated carbocycles. The van der Waals surface area contributed by atoms with Crippen molar-refractivity contribution in [3.05, 3.63) is 29.8 Å². The van der Waals surface area contributed by atoms with Gasteiger partial charge in [-0.25, -0.2) is 0 Å². The molecule has 0 bridgehead atoms. The quantitative estimate of drug-likeness (QED) is 0.590. The van der Waals surface area contributed by atoms with Gasteiger partial charge >= 0.3 is 0 Å². The molecule has 29 heavy (non-hydrogen) atoms. The van der Waals surface area contributed by atoms with Gasteiger partial charge < -0.3 is 20.4 Å². The minimum absolute atomic E-state index is 0.147. The number of hydrogen-bond donors (Lipinski definition) is 2. The number of nitrogens with one attached hydrogen (secondary N) is 2. The van der Waals surface area contributed by atoms with Crippen molar-refractivity contribution < 1.29 is 4.79 Å². The maximum Gasteiger partial charge on any atom is 0.220 e. The third-order valence-corrected chi connectivity index (χ3v) is 6.41. The van der Waals surface area contributed by atoms with E-state index < -0.39 is 0 Å². The lowest BCUT2D eigenvalue weighted by Gasteiger charge is -2.34. The Bertz CT molecular complexity index is 671. The molecule has 2 N–H and O–H groups in total. The van der Waals surface area contributed by atoms with Crippen LogP contribution in [0.1, 0.15) is 44.6 Å². The van der Waals surface area contributed by atoms with Gasteiger partial charge in [0.15, 0.2) is 5.96 Å². The number of rotatable bonds is 5. The Hall–Kier alpha value is -2.24. The highest BCUT2D eigenvalue weighted by atomic mass is 16.1. The molecule has 2 fully saturated rings. The van der Waals surface area contributed by atoms with E-state index in [2.05, 4.69) is 56.6 Å². The summed E-state index contributed by atoms with van der Waals surface area (Å²) < 4.78 is 0. The van der Waals surface area contributed by atoms with E-state index in [0.29, 0.717) is 12.3 Å². The van der Waals surface area contributed by atoms with E-state index >= 15 is 0 Å². The monoisotopic (exact) mass is 399 g/mol. The maximum atomic E-state index is 11.6. The topological polar surface area (TPSA) is 60.0 Å². The predicted molar refractivity (Wildman–Crippen MR) is 120 cm³/mol. The van der Waals surface area contributed by atoms with Gasteiger partial charge in [-0.2, -0.15) is 0 Å². The van der Waals surface area contributed by atoms with E-state index in [1.165, 1.54) is 37.2 Å². The molecule has 1 amide bonds. The molecule has 1 aromatic rings. The van der Waals surface area contributed by atoms with Gasteiger partial charge in [-0.1, -0.05) is 19.1 Å². The second-order valence-corrected chi connectivity index (χ2v) is 8.54. The molecule has 2 aliphatic rings. The summed E-state index contributed by atoms with van der Waals surface area (Å²) in [7, 11) is 3.56. The van der Waals surface area contributed by atoms with Crippen LogP contribution in [0, 0.1) is 11.8 Å². The molecule has 3 rings (SSSR count). The van der Waals surface area contributed by atoms with Gasteiger partial charge in [0, 0.05) is 58.9 Å². The molecule has 0 radical (unpaired) electrons. The number of aliphatic imine (C=N–C) groups is 1. The average Bonchev–Trinajstić information content (AvgIpc) is 2.76. The summed E-state index contributed by atoms with van der Waals surface area (Å²) >= 11 is 0. The van der Waals surface area contributed by atoms with Crippen molar-refractivity contribution >= 4 is 17.6 Å². The molecule has 0 aliphatic carbocycles. The van der Waals surface area contributed by atoms with E-state index in [9.17, 15) is 4.79 Å². The normalized spacial score (nSPS) is 19.3. The van der Waals surface area contributed by atoms with Gasteiger partial charge in [-0.15, -0.1) is 0 Å². The molecular formula is C23H37N5O. The van der Waals surface area contributed by atoms with Crippen molar-refractivity contribution in [1.29, 1.82) is 0 Å². The van der Waals surface area contributed by atoms with E-state index in [-0.39, 0.29) is 5.91 Å². The fraction of sp³-hybridized carbons (Fsp3) is 0.652. The van der Waals surface area contributed by atoms with Crippen molar-refractivity contribution in [3.8, 4) is 0 Å². The second-order valence-electron chi connectivity index (χ2n) is 8.54. The van der Waals surface area contributed by atoms with Crippen LogP contribution in [-0.2, 0) is 11.3 Å². The Morgan fingerprint density at radius 1 is 1.07 bits per heavy atom. The fourth-order valence-electron chi connectivity index (χ4n) is 4.32. The molecule has 0 spiro atoms. The first kappa shape index (κ1) is 21.5. The smallest absolute Gasteiger partial charge is 0.220 e. The van der Waals surface area contributed by atoms with E-state index in [4.69, 9.17) is 0 Å². The van der Waals surface area contributed by atoms with Gasteiger partial charge in [-0.05, 0) is 55.2 Å². The third kappa shape index (κ3) is 6.12. The molecule has 1 aromatic carbocycles. The Morgan fingerprint density at radius 2 is 1.72 bits per heavy atom. The highest BCUT2D eigenvalue weighted by Crippen LogP contribution is 2.23. The van der Waals surface area contributed by atoms with Crippen molar-refractivity contribution in [1.82, 2.24) is 15.5 Å². The molecule has 0 atom stereocenters. The number of amides is 1. The third-order valence-electron chi connectivity index (χ3n) is 6.41. The molecule has 0 aromatic heterocycles. The number of piperidine rings is 2. The van der Waals surface area contributed by atoms with Crippen LogP contribution in [0.2, 0.25) is 0 Å². The van der Waals surface area contributed by atoms with Gasteiger partial charge in [0.25, 0.3) is 0 Å². The Kier molecular flexibility index (Phi) is 7.78. The van der Waals surface area contributed by atoms with Crippen LogP contribution in [0.3, 0.4) is 0 Å². The molecule has 6 heteroatoms. The standard InChI is InChI=1S/C23H37N5O/c1-18-8-12-27(13-9-18)21-6-4-20(5-7-21)17-26-23(25-3)28-14-10-19(11-15-28)16-22(29)24-2/h4-7,18-19H,8-17H2,1-3H3,(H,24,29)(H,25,26). The molecular weight excluding hydrogens is 362 g/mol. The molecule has 2 saturated heterocycles. The van der Waals surface area contributed by atoms with Crippen LogP contribution < -0.4 is 15.5 Å². The second kappa shape index (κ2) is 10.5. The fourth-order valence-corrected chi connectivity index (χ4v) is 4.32. The van der Waals surface area contributed by atoms with Crippen LogP contribution in [0.5, 0.6) is 0 Å².